The first-order valence-corrected chi connectivity index (χ1v) is 14.3. The molecule has 2 rings (SSSR count). The normalized spacial score (nSPS) is 23.3. The highest BCUT2D eigenvalue weighted by atomic mass is 32.2. The number of nitrogens with zero attached hydrogens (tertiary/aromatic N) is 2. The Morgan fingerprint density at radius 2 is 1.68 bits per heavy atom. The van der Waals surface area contributed by atoms with Gasteiger partial charge in [0.1, 0.15) is 6.04 Å². The van der Waals surface area contributed by atoms with Crippen LogP contribution in [0.4, 0.5) is 0 Å². The molecule has 1 aliphatic rings. The van der Waals surface area contributed by atoms with Gasteiger partial charge in [-0.3, -0.25) is 4.79 Å². The molecule has 1 amide bonds. The van der Waals surface area contributed by atoms with Crippen molar-refractivity contribution in [3.05, 3.63) is 35.9 Å². The second-order valence-corrected chi connectivity index (χ2v) is 15.4. The van der Waals surface area contributed by atoms with E-state index in [0.29, 0.717) is 19.1 Å². The Balaban J connectivity index is 2.28. The highest BCUT2D eigenvalue weighted by molar-refractivity contribution is 7.89. The second kappa shape index (κ2) is 7.59. The van der Waals surface area contributed by atoms with Gasteiger partial charge in [0.15, 0.2) is 0 Å². The van der Waals surface area contributed by atoms with E-state index in [0.717, 1.165) is 5.56 Å². The van der Waals surface area contributed by atoms with Gasteiger partial charge in [-0.2, -0.15) is 4.31 Å². The zero-order valence-corrected chi connectivity index (χ0v) is 17.7. The van der Waals surface area contributed by atoms with Crippen LogP contribution >= 0.6 is 0 Å². The second-order valence-electron chi connectivity index (χ2n) is 7.77. The number of carbonyl (C=O) groups excluding carboxylic acids is 1. The summed E-state index contributed by atoms with van der Waals surface area (Å²) in [5.74, 6) is 0.0455. The Hall–Kier alpha value is -1.18. The van der Waals surface area contributed by atoms with Gasteiger partial charge < -0.3 is 4.90 Å². The monoisotopic (exact) mass is 382 g/mol. The molecule has 1 unspecified atom stereocenters. The lowest BCUT2D eigenvalue weighted by atomic mass is 10.1. The van der Waals surface area contributed by atoms with Crippen LogP contribution < -0.4 is 0 Å². The summed E-state index contributed by atoms with van der Waals surface area (Å²) in [5.41, 5.74) is 0.893. The topological polar surface area (TPSA) is 57.5 Å². The first-order valence-electron chi connectivity index (χ1n) is 8.97. The van der Waals surface area contributed by atoms with Crippen molar-refractivity contribution in [3.63, 3.8) is 0 Å². The lowest BCUT2D eigenvalue weighted by molar-refractivity contribution is -0.130. The molecule has 5 nitrogen and oxygen atoms in total. The van der Waals surface area contributed by atoms with Crippen molar-refractivity contribution in [1.82, 2.24) is 9.21 Å². The zero-order valence-electron chi connectivity index (χ0n) is 15.9. The number of hydrogen-bond donors (Lipinski definition) is 0. The summed E-state index contributed by atoms with van der Waals surface area (Å²) in [6.07, 6.45) is 0. The van der Waals surface area contributed by atoms with Gasteiger partial charge in [-0.15, -0.1) is 0 Å². The third-order valence-corrected chi connectivity index (χ3v) is 8.59. The zero-order chi connectivity index (χ0) is 18.8. The van der Waals surface area contributed by atoms with E-state index in [1.807, 2.05) is 44.2 Å². The minimum atomic E-state index is -3.44. The summed E-state index contributed by atoms with van der Waals surface area (Å²) in [4.78, 5) is 14.6. The van der Waals surface area contributed by atoms with Crippen molar-refractivity contribution >= 4 is 24.0 Å². The van der Waals surface area contributed by atoms with Gasteiger partial charge >= 0.3 is 0 Å². The molecule has 0 aromatic heterocycles. The van der Waals surface area contributed by atoms with Crippen LogP contribution in [-0.4, -0.2) is 56.5 Å². The molecule has 0 N–H and O–H groups in total. The van der Waals surface area contributed by atoms with Crippen molar-refractivity contribution in [2.75, 3.05) is 18.8 Å². The van der Waals surface area contributed by atoms with E-state index in [1.54, 1.807) is 4.90 Å². The average Bonchev–Trinajstić information content (AvgIpc) is 3.31. The number of likely N-dealkylation sites (N-methyl/N-ethyl adjacent to an activating group) is 1. The molecule has 0 aliphatic carbocycles. The Labute approximate surface area is 153 Å². The lowest BCUT2D eigenvalue weighted by Gasteiger charge is -2.19. The summed E-state index contributed by atoms with van der Waals surface area (Å²) in [5, 5.41) is 0. The van der Waals surface area contributed by atoms with E-state index in [1.165, 1.54) is 4.31 Å². The number of amides is 1. The smallest absolute Gasteiger partial charge is 0.243 e. The maximum absolute atomic E-state index is 12.9. The Morgan fingerprint density at radius 3 is 2.16 bits per heavy atom. The Bertz CT molecular complexity index is 697. The molecule has 25 heavy (non-hydrogen) atoms. The third-order valence-electron chi connectivity index (χ3n) is 4.66. The number of sulfonamides is 1. The summed E-state index contributed by atoms with van der Waals surface area (Å²) in [7, 11) is -4.91. The van der Waals surface area contributed by atoms with E-state index in [2.05, 4.69) is 19.6 Å². The van der Waals surface area contributed by atoms with Crippen molar-refractivity contribution in [3.8, 4) is 0 Å². The number of carbonyl (C=O) groups is 1. The summed E-state index contributed by atoms with van der Waals surface area (Å²) < 4.78 is 27.3. The van der Waals surface area contributed by atoms with Crippen LogP contribution in [-0.2, 0) is 14.8 Å². The lowest BCUT2D eigenvalue weighted by Crippen LogP contribution is -2.37. The van der Waals surface area contributed by atoms with Crippen LogP contribution in [0.1, 0.15) is 25.5 Å². The molecule has 140 valence electrons. The van der Waals surface area contributed by atoms with Gasteiger partial charge in [-0.1, -0.05) is 50.0 Å². The minimum absolute atomic E-state index is 0.0876. The molecular weight excluding hydrogens is 352 g/mol. The molecular formula is C18H30N2O3SSi. The van der Waals surface area contributed by atoms with Gasteiger partial charge in [-0.25, -0.2) is 8.42 Å². The molecule has 1 saturated heterocycles. The molecule has 1 aromatic rings. The summed E-state index contributed by atoms with van der Waals surface area (Å²) >= 11 is 0. The SMILES string of the molecule is CCN(CC)C(=O)[C@@H]1[C@@H](c2ccccc2)N1S(=O)(=O)CC[Si](C)(C)C. The van der Waals surface area contributed by atoms with Crippen molar-refractivity contribution in [2.45, 2.75) is 51.6 Å². The van der Waals surface area contributed by atoms with E-state index < -0.39 is 24.1 Å². The molecule has 1 heterocycles. The molecule has 0 spiro atoms. The fourth-order valence-electron chi connectivity index (χ4n) is 3.04. The Morgan fingerprint density at radius 1 is 1.12 bits per heavy atom. The van der Waals surface area contributed by atoms with Crippen LogP contribution in [0, 0.1) is 0 Å². The summed E-state index contributed by atoms with van der Waals surface area (Å²) in [6, 6.07) is 9.24. The number of rotatable bonds is 8. The predicted octanol–water partition coefficient (Wildman–Crippen LogP) is 2.95. The van der Waals surface area contributed by atoms with E-state index in [9.17, 15) is 13.2 Å². The fourth-order valence-corrected chi connectivity index (χ4v) is 7.82. The molecule has 0 bridgehead atoms. The van der Waals surface area contributed by atoms with Gasteiger partial charge in [0.25, 0.3) is 0 Å². The highest BCUT2D eigenvalue weighted by Crippen LogP contribution is 2.47. The molecule has 0 radical (unpaired) electrons. The van der Waals surface area contributed by atoms with Crippen LogP contribution in [0.25, 0.3) is 0 Å². The first-order chi connectivity index (χ1) is 11.6. The Kier molecular flexibility index (Phi) is 6.12. The average molecular weight is 383 g/mol. The number of hydrogen-bond acceptors (Lipinski definition) is 3. The maximum Gasteiger partial charge on any atom is 0.243 e. The quantitative estimate of drug-likeness (QED) is 0.513. The van der Waals surface area contributed by atoms with E-state index in [-0.39, 0.29) is 17.7 Å². The molecule has 7 heteroatoms. The summed E-state index contributed by atoms with van der Waals surface area (Å²) in [6.45, 7) is 11.5. The van der Waals surface area contributed by atoms with Crippen LogP contribution in [0.2, 0.25) is 25.7 Å². The largest absolute Gasteiger partial charge is 0.342 e. The van der Waals surface area contributed by atoms with Crippen molar-refractivity contribution < 1.29 is 13.2 Å². The fraction of sp³-hybridized carbons (Fsp3) is 0.611. The molecule has 0 saturated carbocycles. The van der Waals surface area contributed by atoms with Crippen LogP contribution in [0.5, 0.6) is 0 Å². The molecule has 1 aromatic carbocycles. The molecule has 1 aliphatic heterocycles. The van der Waals surface area contributed by atoms with E-state index in [4.69, 9.17) is 0 Å². The number of benzene rings is 1. The maximum atomic E-state index is 12.9. The standard InChI is InChI=1S/C18H30N2O3SSi/c1-6-19(7-2)18(21)17-16(15-11-9-8-10-12-15)20(17)24(22,23)13-14-25(3,4)5/h8-12,16-17H,6-7,13-14H2,1-5H3/t16-,17+,20?/m1/s1. The van der Waals surface area contributed by atoms with E-state index >= 15 is 0 Å². The van der Waals surface area contributed by atoms with Crippen molar-refractivity contribution in [1.29, 1.82) is 0 Å². The molecule has 1 fully saturated rings. The third kappa shape index (κ3) is 4.71. The van der Waals surface area contributed by atoms with Gasteiger partial charge in [0.2, 0.25) is 15.9 Å². The van der Waals surface area contributed by atoms with Crippen molar-refractivity contribution in [2.24, 2.45) is 0 Å². The highest BCUT2D eigenvalue weighted by Gasteiger charge is 2.60. The van der Waals surface area contributed by atoms with Gasteiger partial charge in [0, 0.05) is 21.2 Å². The van der Waals surface area contributed by atoms with Crippen LogP contribution in [0.15, 0.2) is 30.3 Å². The van der Waals surface area contributed by atoms with Crippen LogP contribution in [0.3, 0.4) is 0 Å². The molecule has 3 atom stereocenters. The predicted molar refractivity (Wildman–Crippen MR) is 105 cm³/mol. The van der Waals surface area contributed by atoms with Gasteiger partial charge in [-0.05, 0) is 25.5 Å². The van der Waals surface area contributed by atoms with Gasteiger partial charge in [0.05, 0.1) is 11.8 Å². The minimum Gasteiger partial charge on any atom is -0.342 e. The first kappa shape index (κ1) is 20.1.